The largest absolute Gasteiger partial charge is 1.00 e. The van der Waals surface area contributed by atoms with Crippen LogP contribution in [0.5, 0.6) is 0 Å². The molecule has 3 atom stereocenters. The Hall–Kier alpha value is 1.34. The Morgan fingerprint density at radius 3 is 1.94 bits per heavy atom. The maximum atomic E-state index is 10.8. The first kappa shape index (κ1) is 19.7. The molecule has 0 N–H and O–H groups in total. The Kier molecular flexibility index (Phi) is 12.6. The Morgan fingerprint density at radius 1 is 1.06 bits per heavy atom. The molecule has 1 rings (SSSR count). The molecule has 0 spiro atoms. The minimum absolute atomic E-state index is 0. The topological polar surface area (TPSA) is 80.3 Å². The smallest absolute Gasteiger partial charge is 0.595 e. The van der Waals surface area contributed by atoms with E-state index in [1.165, 1.54) is 0 Å². The summed E-state index contributed by atoms with van der Waals surface area (Å²) in [6.45, 7) is 0. The molecule has 0 aliphatic carbocycles. The molecule has 0 aliphatic rings. The zero-order valence-corrected chi connectivity index (χ0v) is 15.0. The van der Waals surface area contributed by atoms with E-state index in [1.54, 1.807) is 30.3 Å². The molecule has 3 unspecified atom stereocenters. The van der Waals surface area contributed by atoms with Crippen LogP contribution >= 0.6 is 16.1 Å². The molecule has 0 fully saturated rings. The third-order valence-electron chi connectivity index (χ3n) is 1.76. The number of hydrogen-bond acceptors (Lipinski definition) is 4. The molecule has 1 aromatic carbocycles. The summed E-state index contributed by atoms with van der Waals surface area (Å²) in [6, 6.07) is 8.32. The zero-order chi connectivity index (χ0) is 10.6. The van der Waals surface area contributed by atoms with Gasteiger partial charge in [-0.25, -0.2) is 0 Å². The van der Waals surface area contributed by atoms with E-state index in [2.05, 4.69) is 0 Å². The molecule has 0 saturated carbocycles. The van der Waals surface area contributed by atoms with Crippen molar-refractivity contribution in [3.63, 3.8) is 0 Å². The third-order valence-corrected chi connectivity index (χ3v) is 3.70. The molecule has 0 heterocycles. The first-order chi connectivity index (χ1) is 6.61. The van der Waals surface area contributed by atoms with Gasteiger partial charge >= 0.3 is 75.2 Å². The first-order valence-electron chi connectivity index (χ1n) is 3.91. The van der Waals surface area contributed by atoms with Gasteiger partial charge in [0.15, 0.2) is 6.16 Å². The minimum atomic E-state index is -2.76. The molecular weight excluding hydrogens is 268 g/mol. The van der Waals surface area contributed by atoms with E-state index in [-0.39, 0.29) is 65.3 Å². The fourth-order valence-corrected chi connectivity index (χ4v) is 2.95. The van der Waals surface area contributed by atoms with Gasteiger partial charge in [0.1, 0.15) is 0 Å². The van der Waals surface area contributed by atoms with Crippen LogP contribution in [-0.2, 0) is 9.13 Å². The number of benzene rings is 1. The fourth-order valence-electron chi connectivity index (χ4n) is 1.11. The summed E-state index contributed by atoms with van der Waals surface area (Å²) >= 11 is 0. The zero-order valence-electron chi connectivity index (χ0n) is 9.20. The third kappa shape index (κ3) is 6.93. The number of hydrogen-bond donors (Lipinski definition) is 0. The van der Waals surface area contributed by atoms with Crippen molar-refractivity contribution < 1.29 is 78.0 Å². The normalized spacial score (nSPS) is 12.9. The molecule has 16 heavy (non-hydrogen) atoms. The average Bonchev–Trinajstić information content (AvgIpc) is 2.15. The van der Waals surface area contributed by atoms with Gasteiger partial charge in [0, 0.05) is 5.56 Å². The Morgan fingerprint density at radius 2 is 1.56 bits per heavy atom. The van der Waals surface area contributed by atoms with Crippen molar-refractivity contribution in [2.75, 3.05) is 6.16 Å². The molecule has 4 nitrogen and oxygen atoms in total. The van der Waals surface area contributed by atoms with Gasteiger partial charge in [0.25, 0.3) is 0 Å². The SMILES string of the molecule is O=[P+]([O-])CC(c1ccccc1)[P+](=O)[O-].[Na+].[Na+]. The van der Waals surface area contributed by atoms with Crippen LogP contribution in [-0.4, -0.2) is 6.16 Å². The second-order valence-electron chi connectivity index (χ2n) is 2.73. The molecule has 0 radical (unpaired) electrons. The maximum Gasteiger partial charge on any atom is 1.00 e. The molecule has 0 bridgehead atoms. The van der Waals surface area contributed by atoms with Gasteiger partial charge < -0.3 is 9.79 Å². The van der Waals surface area contributed by atoms with Crippen molar-refractivity contribution in [2.45, 2.75) is 5.66 Å². The molecule has 1 aromatic rings. The van der Waals surface area contributed by atoms with Crippen molar-refractivity contribution >= 4 is 16.1 Å². The van der Waals surface area contributed by atoms with Crippen LogP contribution in [0.2, 0.25) is 0 Å². The van der Waals surface area contributed by atoms with Crippen LogP contribution in [0.3, 0.4) is 0 Å². The molecule has 0 aliphatic heterocycles. The molecule has 8 heteroatoms. The van der Waals surface area contributed by atoms with Crippen LogP contribution in [0.15, 0.2) is 30.3 Å². The average molecular weight is 276 g/mol. The molecule has 0 saturated heterocycles. The molecule has 0 aromatic heterocycles. The van der Waals surface area contributed by atoms with Gasteiger partial charge in [-0.05, 0) is 0 Å². The summed E-state index contributed by atoms with van der Waals surface area (Å²) in [6.07, 6.45) is -0.349. The van der Waals surface area contributed by atoms with Crippen molar-refractivity contribution in [3.8, 4) is 0 Å². The predicted octanol–water partition coefficient (Wildman–Crippen LogP) is -5.06. The Balaban J connectivity index is 0. The van der Waals surface area contributed by atoms with E-state index in [0.717, 1.165) is 0 Å². The second-order valence-corrected chi connectivity index (χ2v) is 4.95. The Bertz CT molecular complexity index is 347. The van der Waals surface area contributed by atoms with Crippen molar-refractivity contribution in [1.82, 2.24) is 0 Å². The van der Waals surface area contributed by atoms with Crippen LogP contribution in [0, 0.1) is 0 Å². The van der Waals surface area contributed by atoms with Crippen molar-refractivity contribution in [1.29, 1.82) is 0 Å². The summed E-state index contributed by atoms with van der Waals surface area (Å²) in [5.74, 6) is 0. The van der Waals surface area contributed by atoms with Crippen molar-refractivity contribution in [2.24, 2.45) is 0 Å². The van der Waals surface area contributed by atoms with Crippen LogP contribution in [0.4, 0.5) is 0 Å². The summed E-state index contributed by atoms with van der Waals surface area (Å²) in [7, 11) is -5.44. The summed E-state index contributed by atoms with van der Waals surface area (Å²) in [5, 5.41) is 0. The van der Waals surface area contributed by atoms with Crippen LogP contribution in [0.1, 0.15) is 11.2 Å². The monoisotopic (exact) mass is 276 g/mol. The van der Waals surface area contributed by atoms with Gasteiger partial charge in [-0.15, -0.1) is 0 Å². The summed E-state index contributed by atoms with van der Waals surface area (Å²) in [4.78, 5) is 21.3. The van der Waals surface area contributed by atoms with Gasteiger partial charge in [-0.2, -0.15) is 0 Å². The summed E-state index contributed by atoms with van der Waals surface area (Å²) < 4.78 is 21.3. The summed E-state index contributed by atoms with van der Waals surface area (Å²) in [5.41, 5.74) is -0.407. The maximum absolute atomic E-state index is 10.8. The standard InChI is InChI=1S/C8H8O4P2.2Na/c9-13(10)6-8(14(11)12)7-4-2-1-3-5-7;;/h1-5,8H,6H2;;/q;2*+1. The minimum Gasteiger partial charge on any atom is -0.595 e. The number of rotatable bonds is 4. The van der Waals surface area contributed by atoms with E-state index in [9.17, 15) is 18.9 Å². The first-order valence-corrected chi connectivity index (χ1v) is 6.52. The van der Waals surface area contributed by atoms with E-state index < -0.39 is 21.7 Å². The van der Waals surface area contributed by atoms with Gasteiger partial charge in [-0.3, -0.25) is 0 Å². The molecular formula is C8H8Na2O4P2+2. The molecule has 74 valence electrons. The van der Waals surface area contributed by atoms with E-state index in [1.807, 2.05) is 0 Å². The van der Waals surface area contributed by atoms with Crippen LogP contribution in [0.25, 0.3) is 0 Å². The second kappa shape index (κ2) is 10.3. The van der Waals surface area contributed by atoms with E-state index >= 15 is 0 Å². The van der Waals surface area contributed by atoms with Gasteiger partial charge in [0.05, 0.1) is 0 Å². The predicted molar refractivity (Wildman–Crippen MR) is 49.3 cm³/mol. The van der Waals surface area contributed by atoms with Gasteiger partial charge in [0.2, 0.25) is 5.66 Å². The van der Waals surface area contributed by atoms with E-state index in [4.69, 9.17) is 0 Å². The quantitative estimate of drug-likeness (QED) is 0.407. The van der Waals surface area contributed by atoms with Crippen molar-refractivity contribution in [3.05, 3.63) is 35.9 Å². The fraction of sp³-hybridized carbons (Fsp3) is 0.250. The van der Waals surface area contributed by atoms with Gasteiger partial charge in [-0.1, -0.05) is 39.5 Å². The Labute approximate surface area is 140 Å². The van der Waals surface area contributed by atoms with Crippen LogP contribution < -0.4 is 68.9 Å². The molecule has 0 amide bonds. The van der Waals surface area contributed by atoms with E-state index in [0.29, 0.717) is 5.56 Å².